The SMILES string of the molecule is CO[C@H]1CCN(Cc2ccc(C#Cc3ccc(C(CN[C@@H](C)CF)Cc4nc[nH]c(=O)c4O)cc3)cc2)C1.S.S. The second kappa shape index (κ2) is 16.5. The van der Waals surface area contributed by atoms with Crippen molar-refractivity contribution in [3.63, 3.8) is 0 Å². The van der Waals surface area contributed by atoms with Gasteiger partial charge in [0.2, 0.25) is 5.75 Å². The average molecular weight is 587 g/mol. The highest BCUT2D eigenvalue weighted by atomic mass is 32.1. The van der Waals surface area contributed by atoms with Crippen LogP contribution < -0.4 is 10.9 Å². The molecule has 0 radical (unpaired) electrons. The Balaban J connectivity index is 0.00000280. The molecule has 1 aliphatic rings. The third kappa shape index (κ3) is 9.39. The maximum Gasteiger partial charge on any atom is 0.293 e. The summed E-state index contributed by atoms with van der Waals surface area (Å²) >= 11 is 0. The average Bonchev–Trinajstić information content (AvgIpc) is 3.40. The summed E-state index contributed by atoms with van der Waals surface area (Å²) in [4.78, 5) is 20.7. The first kappa shape index (κ1) is 33.4. The van der Waals surface area contributed by atoms with Gasteiger partial charge in [-0.25, -0.2) is 9.37 Å². The monoisotopic (exact) mass is 586 g/mol. The minimum atomic E-state index is -0.576. The topological polar surface area (TPSA) is 90.5 Å². The molecule has 7 nitrogen and oxygen atoms in total. The summed E-state index contributed by atoms with van der Waals surface area (Å²) in [5.41, 5.74) is 3.81. The lowest BCUT2D eigenvalue weighted by molar-refractivity contribution is 0.107. The van der Waals surface area contributed by atoms with E-state index in [0.29, 0.717) is 24.8 Å². The molecule has 1 aliphatic heterocycles. The van der Waals surface area contributed by atoms with Crippen molar-refractivity contribution in [1.29, 1.82) is 0 Å². The molecule has 1 unspecified atom stereocenters. The molecule has 3 aromatic rings. The first-order valence-electron chi connectivity index (χ1n) is 13.0. The van der Waals surface area contributed by atoms with Gasteiger partial charge in [-0.2, -0.15) is 27.0 Å². The third-order valence-corrected chi connectivity index (χ3v) is 6.94. The van der Waals surface area contributed by atoms with E-state index in [0.717, 1.165) is 42.7 Å². The van der Waals surface area contributed by atoms with Crippen LogP contribution in [-0.4, -0.2) is 65.5 Å². The first-order valence-corrected chi connectivity index (χ1v) is 13.0. The molecule has 0 spiro atoms. The number of aromatic nitrogens is 2. The maximum absolute atomic E-state index is 13.0. The lowest BCUT2D eigenvalue weighted by atomic mass is 9.92. The summed E-state index contributed by atoms with van der Waals surface area (Å²) in [6.45, 7) is 4.71. The van der Waals surface area contributed by atoms with Crippen LogP contribution in [-0.2, 0) is 17.7 Å². The number of nitrogens with zero attached hydrogens (tertiary/aromatic N) is 2. The molecule has 3 N–H and O–H groups in total. The highest BCUT2D eigenvalue weighted by Crippen LogP contribution is 2.23. The van der Waals surface area contributed by atoms with Gasteiger partial charge in [0.25, 0.3) is 5.56 Å². The van der Waals surface area contributed by atoms with Crippen molar-refractivity contribution in [2.24, 2.45) is 0 Å². The summed E-state index contributed by atoms with van der Waals surface area (Å²) in [5, 5.41) is 13.3. The zero-order chi connectivity index (χ0) is 26.9. The Morgan fingerprint density at radius 3 is 2.40 bits per heavy atom. The molecule has 3 atom stereocenters. The van der Waals surface area contributed by atoms with Crippen molar-refractivity contribution < 1.29 is 14.2 Å². The number of alkyl halides is 1. The number of aromatic hydroxyl groups is 1. The van der Waals surface area contributed by atoms with Crippen LogP contribution in [0.25, 0.3) is 0 Å². The molecule has 10 heteroatoms. The zero-order valence-corrected chi connectivity index (χ0v) is 24.9. The fourth-order valence-electron chi connectivity index (χ4n) is 4.59. The third-order valence-electron chi connectivity index (χ3n) is 6.94. The minimum Gasteiger partial charge on any atom is -0.502 e. The van der Waals surface area contributed by atoms with E-state index in [1.54, 1.807) is 14.0 Å². The molecule has 4 rings (SSSR count). The fourth-order valence-corrected chi connectivity index (χ4v) is 4.59. The summed E-state index contributed by atoms with van der Waals surface area (Å²) in [5.74, 6) is 5.95. The van der Waals surface area contributed by atoms with E-state index in [4.69, 9.17) is 4.74 Å². The first-order chi connectivity index (χ1) is 18.4. The van der Waals surface area contributed by atoms with E-state index in [2.05, 4.69) is 56.3 Å². The van der Waals surface area contributed by atoms with Crippen LogP contribution in [0.2, 0.25) is 0 Å². The molecule has 0 aliphatic carbocycles. The van der Waals surface area contributed by atoms with E-state index >= 15 is 0 Å². The number of H-pyrrole nitrogens is 1. The van der Waals surface area contributed by atoms with E-state index in [-0.39, 0.29) is 44.7 Å². The molecule has 0 saturated carbocycles. The molecule has 1 saturated heterocycles. The van der Waals surface area contributed by atoms with Gasteiger partial charge in [-0.05, 0) is 48.7 Å². The number of halogens is 1. The van der Waals surface area contributed by atoms with Crippen LogP contribution >= 0.6 is 27.0 Å². The Morgan fingerprint density at radius 2 is 1.80 bits per heavy atom. The van der Waals surface area contributed by atoms with Gasteiger partial charge in [0.15, 0.2) is 0 Å². The number of nitrogens with one attached hydrogen (secondary N) is 2. The van der Waals surface area contributed by atoms with Gasteiger partial charge in [-0.15, -0.1) is 0 Å². The van der Waals surface area contributed by atoms with E-state index < -0.39 is 12.2 Å². The Hall–Kier alpha value is -2.81. The van der Waals surface area contributed by atoms with Gasteiger partial charge in [0.1, 0.15) is 6.67 Å². The number of likely N-dealkylation sites (tertiary alicyclic amines) is 1. The van der Waals surface area contributed by atoms with Crippen LogP contribution in [0.1, 0.15) is 47.2 Å². The van der Waals surface area contributed by atoms with Gasteiger partial charge in [-0.1, -0.05) is 36.1 Å². The number of ether oxygens (including phenoxy) is 1. The van der Waals surface area contributed by atoms with Gasteiger partial charge in [0, 0.05) is 62.8 Å². The lowest BCUT2D eigenvalue weighted by Gasteiger charge is -2.20. The highest BCUT2D eigenvalue weighted by molar-refractivity contribution is 7.59. The molecule has 1 fully saturated rings. The second-order valence-corrected chi connectivity index (χ2v) is 9.84. The summed E-state index contributed by atoms with van der Waals surface area (Å²) in [6, 6.07) is 15.9. The lowest BCUT2D eigenvalue weighted by Crippen LogP contribution is -2.32. The van der Waals surface area contributed by atoms with E-state index in [1.165, 1.54) is 11.9 Å². The number of benzene rings is 2. The molecular formula is C30H39FN4O3S2. The zero-order valence-electron chi connectivity index (χ0n) is 22.9. The van der Waals surface area contributed by atoms with Crippen LogP contribution in [0.4, 0.5) is 4.39 Å². The van der Waals surface area contributed by atoms with Crippen molar-refractivity contribution in [3.05, 3.63) is 93.2 Å². The van der Waals surface area contributed by atoms with Gasteiger partial charge < -0.3 is 20.1 Å². The minimum absolute atomic E-state index is 0. The molecule has 2 heterocycles. The second-order valence-electron chi connectivity index (χ2n) is 9.84. The van der Waals surface area contributed by atoms with Crippen molar-refractivity contribution in [1.82, 2.24) is 20.2 Å². The van der Waals surface area contributed by atoms with Crippen molar-refractivity contribution in [2.45, 2.75) is 44.4 Å². The van der Waals surface area contributed by atoms with E-state index in [9.17, 15) is 14.3 Å². The molecule has 216 valence electrons. The Kier molecular flexibility index (Phi) is 13.7. The van der Waals surface area contributed by atoms with Crippen molar-refractivity contribution in [2.75, 3.05) is 33.4 Å². The molecule has 0 amide bonds. The Labute approximate surface area is 249 Å². The number of hydrogen-bond acceptors (Lipinski definition) is 6. The smallest absolute Gasteiger partial charge is 0.293 e. The molecule has 0 bridgehead atoms. The normalized spacial score (nSPS) is 16.2. The number of hydrogen-bond donors (Lipinski definition) is 3. The summed E-state index contributed by atoms with van der Waals surface area (Å²) in [6.07, 6.45) is 3.03. The quantitative estimate of drug-likeness (QED) is 0.315. The highest BCUT2D eigenvalue weighted by Gasteiger charge is 2.21. The Bertz CT molecular complexity index is 1310. The molecule has 2 aromatic carbocycles. The van der Waals surface area contributed by atoms with Crippen molar-refractivity contribution in [3.8, 4) is 17.6 Å². The predicted octanol–water partition coefficient (Wildman–Crippen LogP) is 3.60. The fraction of sp³-hybridized carbons (Fsp3) is 0.400. The molecule has 1 aromatic heterocycles. The summed E-state index contributed by atoms with van der Waals surface area (Å²) in [7, 11) is 1.78. The number of aromatic amines is 1. The standard InChI is InChI=1S/C30H35FN4O3.2H2S/c1-21(16-31)32-17-26(15-28-29(36)30(37)34-20-33-28)25-11-9-23(10-12-25)4-3-22-5-7-24(8-6-22)18-35-14-13-27(19-35)38-2;;/h5-12,20-21,26-27,32,36H,13-19H2,1-2H3,(H,33,34,37);2*1H2/t21-,26?,27-;;/m0../s1. The van der Waals surface area contributed by atoms with Gasteiger partial charge in [-0.3, -0.25) is 9.69 Å². The van der Waals surface area contributed by atoms with Crippen LogP contribution in [0.3, 0.4) is 0 Å². The number of rotatable bonds is 10. The van der Waals surface area contributed by atoms with Gasteiger partial charge >= 0.3 is 0 Å². The van der Waals surface area contributed by atoms with E-state index in [1.807, 2.05) is 24.3 Å². The van der Waals surface area contributed by atoms with Crippen LogP contribution in [0.5, 0.6) is 5.75 Å². The summed E-state index contributed by atoms with van der Waals surface area (Å²) < 4.78 is 18.5. The Morgan fingerprint density at radius 1 is 1.15 bits per heavy atom. The van der Waals surface area contributed by atoms with Crippen LogP contribution in [0, 0.1) is 11.8 Å². The number of methoxy groups -OCH3 is 1. The van der Waals surface area contributed by atoms with Gasteiger partial charge in [0.05, 0.1) is 18.1 Å². The largest absolute Gasteiger partial charge is 0.502 e. The van der Waals surface area contributed by atoms with Crippen molar-refractivity contribution >= 4 is 27.0 Å². The molecule has 40 heavy (non-hydrogen) atoms. The molecular weight excluding hydrogens is 547 g/mol. The van der Waals surface area contributed by atoms with Crippen LogP contribution in [0.15, 0.2) is 59.7 Å². The maximum atomic E-state index is 13.0. The predicted molar refractivity (Wildman–Crippen MR) is 167 cm³/mol.